The van der Waals surface area contributed by atoms with Crippen LogP contribution in [-0.4, -0.2) is 46.3 Å². The number of hydrogen-bond acceptors (Lipinski definition) is 5. The molecular weight excluding hydrogens is 558 g/mol. The molecule has 1 saturated carbocycles. The molecule has 1 spiro atoms. The van der Waals surface area contributed by atoms with Crippen molar-refractivity contribution in [3.63, 3.8) is 0 Å². The minimum absolute atomic E-state index is 0.0155. The second-order valence-electron chi connectivity index (χ2n) is 13.0. The van der Waals surface area contributed by atoms with Gasteiger partial charge in [0, 0.05) is 29.1 Å². The summed E-state index contributed by atoms with van der Waals surface area (Å²) >= 11 is 6.39. The number of anilines is 1. The van der Waals surface area contributed by atoms with Crippen LogP contribution in [-0.2, 0) is 21.8 Å². The van der Waals surface area contributed by atoms with E-state index >= 15 is 0 Å². The van der Waals surface area contributed by atoms with E-state index in [0.717, 1.165) is 74.5 Å². The van der Waals surface area contributed by atoms with Crippen molar-refractivity contribution < 1.29 is 18.8 Å². The van der Waals surface area contributed by atoms with E-state index in [-0.39, 0.29) is 23.4 Å². The van der Waals surface area contributed by atoms with E-state index in [1.54, 1.807) is 6.07 Å². The Morgan fingerprint density at radius 3 is 2.73 bits per heavy atom. The lowest BCUT2D eigenvalue weighted by Crippen LogP contribution is -2.49. The van der Waals surface area contributed by atoms with Crippen molar-refractivity contribution in [1.29, 1.82) is 0 Å². The van der Waals surface area contributed by atoms with Crippen LogP contribution in [0.5, 0.6) is 5.75 Å². The maximum atomic E-state index is 13.4. The van der Waals surface area contributed by atoms with Gasteiger partial charge < -0.3 is 14.7 Å². The molecule has 0 saturated heterocycles. The summed E-state index contributed by atoms with van der Waals surface area (Å²) in [6, 6.07) is 11.6. The zero-order chi connectivity index (χ0) is 28.9. The number of halogens is 1. The van der Waals surface area contributed by atoms with Gasteiger partial charge in [-0.3, -0.25) is 4.79 Å². The standard InChI is InChI=1S/C32H42ClN3O4S/c1-20-5-3-7-29(37)26-11-8-24(26)17-36-18-32(14-4-6-22-15-25(33)10-12-27(22)32)19-40-30-13-9-23(16-28(30)36)31(38)35-41(34,39)21(20)2/h9-10,12-13,15-16,20-21,24,26,29,37H,3-8,11,14,17-19H2,1-2H3,(H2,34,35,38,39). The van der Waals surface area contributed by atoms with Crippen molar-refractivity contribution >= 4 is 33.1 Å². The fraction of sp³-hybridized carbons (Fsp3) is 0.594. The lowest BCUT2D eigenvalue weighted by atomic mass is 9.68. The van der Waals surface area contributed by atoms with Crippen LogP contribution in [0.15, 0.2) is 40.8 Å². The summed E-state index contributed by atoms with van der Waals surface area (Å²) in [5, 5.41) is 17.7. The minimum Gasteiger partial charge on any atom is -0.490 e. The van der Waals surface area contributed by atoms with Gasteiger partial charge in [-0.2, -0.15) is 0 Å². The van der Waals surface area contributed by atoms with Crippen molar-refractivity contribution in [3.05, 3.63) is 58.1 Å². The summed E-state index contributed by atoms with van der Waals surface area (Å²) in [6.45, 7) is 5.87. The first-order valence-electron chi connectivity index (χ1n) is 15.1. The van der Waals surface area contributed by atoms with E-state index in [0.29, 0.717) is 24.5 Å². The van der Waals surface area contributed by atoms with Gasteiger partial charge in [-0.25, -0.2) is 9.35 Å². The van der Waals surface area contributed by atoms with Gasteiger partial charge in [-0.05, 0) is 111 Å². The molecule has 0 aromatic heterocycles. The van der Waals surface area contributed by atoms with Gasteiger partial charge in [0.25, 0.3) is 5.91 Å². The summed E-state index contributed by atoms with van der Waals surface area (Å²) in [5.74, 6) is 0.793. The number of nitrogens with two attached hydrogens (primary N) is 1. The number of fused-ring (bicyclic) bond motifs is 4. The fourth-order valence-electron chi connectivity index (χ4n) is 7.55. The maximum Gasteiger partial charge on any atom is 0.286 e. The molecule has 1 fully saturated rings. The Labute approximate surface area is 249 Å². The molecule has 2 aliphatic heterocycles. The summed E-state index contributed by atoms with van der Waals surface area (Å²) in [4.78, 5) is 15.8. The highest BCUT2D eigenvalue weighted by Gasteiger charge is 2.44. The molecule has 222 valence electrons. The molecule has 4 aliphatic rings. The molecule has 2 heterocycles. The quantitative estimate of drug-likeness (QED) is 0.393. The first-order chi connectivity index (χ1) is 19.6. The van der Waals surface area contributed by atoms with E-state index in [1.807, 2.05) is 32.0 Å². The summed E-state index contributed by atoms with van der Waals surface area (Å²) < 4.78 is 24.1. The largest absolute Gasteiger partial charge is 0.490 e. The van der Waals surface area contributed by atoms with Gasteiger partial charge in [0.15, 0.2) is 0 Å². The number of carbonyl (C=O) groups excluding carboxylic acids is 1. The van der Waals surface area contributed by atoms with E-state index < -0.39 is 21.1 Å². The van der Waals surface area contributed by atoms with Crippen molar-refractivity contribution in [1.82, 2.24) is 0 Å². The Hall–Kier alpha value is -2.13. The van der Waals surface area contributed by atoms with Crippen LogP contribution in [0.2, 0.25) is 5.02 Å². The molecule has 7 atom stereocenters. The molecule has 7 unspecified atom stereocenters. The molecule has 0 radical (unpaired) electrons. The third kappa shape index (κ3) is 5.53. The average molecular weight is 600 g/mol. The van der Waals surface area contributed by atoms with Gasteiger partial charge in [0.1, 0.15) is 15.7 Å². The zero-order valence-corrected chi connectivity index (χ0v) is 25.6. The molecule has 9 heteroatoms. The summed E-state index contributed by atoms with van der Waals surface area (Å²) in [7, 11) is -3.25. The summed E-state index contributed by atoms with van der Waals surface area (Å²) in [5.41, 5.74) is 3.55. The fourth-order valence-corrected chi connectivity index (χ4v) is 9.08. The highest BCUT2D eigenvalue weighted by atomic mass is 35.5. The van der Waals surface area contributed by atoms with Gasteiger partial charge in [-0.15, -0.1) is 4.36 Å². The lowest BCUT2D eigenvalue weighted by molar-refractivity contribution is 0.00857. The molecule has 2 bridgehead atoms. The minimum atomic E-state index is -3.25. The van der Waals surface area contributed by atoms with Crippen LogP contribution in [0.3, 0.4) is 0 Å². The summed E-state index contributed by atoms with van der Waals surface area (Å²) in [6.07, 6.45) is 7.09. The van der Waals surface area contributed by atoms with Crippen LogP contribution in [0.25, 0.3) is 0 Å². The molecule has 1 amide bonds. The number of aliphatic hydroxyl groups excluding tert-OH is 1. The van der Waals surface area contributed by atoms with Crippen molar-refractivity contribution in [2.75, 3.05) is 24.6 Å². The number of benzene rings is 2. The topological polar surface area (TPSA) is 105 Å². The molecular formula is C32H42ClN3O4S. The van der Waals surface area contributed by atoms with E-state index in [9.17, 15) is 14.1 Å². The monoisotopic (exact) mass is 599 g/mol. The first kappa shape index (κ1) is 29.0. The second kappa shape index (κ2) is 11.2. The van der Waals surface area contributed by atoms with Gasteiger partial charge in [-0.1, -0.05) is 31.0 Å². The van der Waals surface area contributed by atoms with Crippen LogP contribution >= 0.6 is 11.6 Å². The number of aryl methyl sites for hydroxylation is 1. The molecule has 3 N–H and O–H groups in total. The third-order valence-electron chi connectivity index (χ3n) is 10.4. The number of nitrogens with zero attached hydrogens (tertiary/aromatic N) is 2. The number of ether oxygens (including phenoxy) is 1. The average Bonchev–Trinajstić information content (AvgIpc) is 3.06. The SMILES string of the molecule is CC1CCCC(O)C2CCC2CN2CC3(CCCc4cc(Cl)ccc43)COc3ccc(cc32)C(=O)N=S(N)(=O)C1C. The Bertz CT molecular complexity index is 1460. The second-order valence-corrected chi connectivity index (χ2v) is 15.6. The lowest BCUT2D eigenvalue weighted by Gasteiger charge is -2.45. The predicted octanol–water partition coefficient (Wildman–Crippen LogP) is 5.89. The molecule has 41 heavy (non-hydrogen) atoms. The highest BCUT2D eigenvalue weighted by Crippen LogP contribution is 2.47. The number of carbonyl (C=O) groups is 1. The van der Waals surface area contributed by atoms with Crippen LogP contribution in [0.4, 0.5) is 5.69 Å². The van der Waals surface area contributed by atoms with Crippen LogP contribution in [0.1, 0.15) is 80.3 Å². The number of amides is 1. The molecule has 2 aliphatic carbocycles. The number of hydrogen-bond donors (Lipinski definition) is 2. The van der Waals surface area contributed by atoms with E-state index in [1.165, 1.54) is 11.1 Å². The van der Waals surface area contributed by atoms with Gasteiger partial charge in [0.2, 0.25) is 0 Å². The molecule has 7 nitrogen and oxygen atoms in total. The van der Waals surface area contributed by atoms with E-state index in [2.05, 4.69) is 21.4 Å². The van der Waals surface area contributed by atoms with E-state index in [4.69, 9.17) is 21.5 Å². The van der Waals surface area contributed by atoms with Crippen molar-refractivity contribution in [2.24, 2.45) is 27.3 Å². The number of rotatable bonds is 0. The van der Waals surface area contributed by atoms with Crippen LogP contribution in [0, 0.1) is 17.8 Å². The highest BCUT2D eigenvalue weighted by molar-refractivity contribution is 7.92. The molecule has 6 rings (SSSR count). The Balaban J connectivity index is 1.44. The predicted molar refractivity (Wildman–Crippen MR) is 164 cm³/mol. The molecule has 2 aromatic rings. The Morgan fingerprint density at radius 1 is 1.12 bits per heavy atom. The molecule has 2 aromatic carbocycles. The van der Waals surface area contributed by atoms with Gasteiger partial charge in [0.05, 0.1) is 23.6 Å². The van der Waals surface area contributed by atoms with Crippen molar-refractivity contribution in [2.45, 2.75) is 82.0 Å². The Morgan fingerprint density at radius 2 is 1.95 bits per heavy atom. The van der Waals surface area contributed by atoms with Crippen molar-refractivity contribution in [3.8, 4) is 5.75 Å². The van der Waals surface area contributed by atoms with Gasteiger partial charge >= 0.3 is 0 Å². The normalized spacial score (nSPS) is 35.8. The zero-order valence-electron chi connectivity index (χ0n) is 24.1. The maximum absolute atomic E-state index is 13.4. The number of aliphatic hydroxyl groups is 1. The first-order valence-corrected chi connectivity index (χ1v) is 17.1. The Kier molecular flexibility index (Phi) is 7.90. The smallest absolute Gasteiger partial charge is 0.286 e. The van der Waals surface area contributed by atoms with Crippen LogP contribution < -0.4 is 14.8 Å². The third-order valence-corrected chi connectivity index (χ3v) is 12.6.